The minimum Gasteiger partial charge on any atom is -0.313 e. The number of benzene rings is 4. The van der Waals surface area contributed by atoms with Crippen molar-refractivity contribution in [2.45, 2.75) is 51.9 Å². The summed E-state index contributed by atoms with van der Waals surface area (Å²) >= 11 is 0. The van der Waals surface area contributed by atoms with Gasteiger partial charge < -0.3 is 4.90 Å². The van der Waals surface area contributed by atoms with Crippen molar-refractivity contribution >= 4 is 11.4 Å². The van der Waals surface area contributed by atoms with Crippen LogP contribution in [0.2, 0.25) is 0 Å². The van der Waals surface area contributed by atoms with Crippen molar-refractivity contribution in [3.05, 3.63) is 131 Å². The van der Waals surface area contributed by atoms with Crippen molar-refractivity contribution in [3.63, 3.8) is 0 Å². The highest BCUT2D eigenvalue weighted by molar-refractivity contribution is 5.88. The van der Waals surface area contributed by atoms with Crippen molar-refractivity contribution in [1.82, 2.24) is 0 Å². The molecule has 7 rings (SSSR count). The van der Waals surface area contributed by atoms with Gasteiger partial charge in [-0.05, 0) is 108 Å². The van der Waals surface area contributed by atoms with Gasteiger partial charge in [0.05, 0.1) is 5.69 Å². The van der Waals surface area contributed by atoms with Crippen LogP contribution < -0.4 is 4.90 Å². The van der Waals surface area contributed by atoms with Crippen LogP contribution in [-0.4, -0.2) is 0 Å². The Kier molecular flexibility index (Phi) is 4.59. The molecule has 1 unspecified atom stereocenters. The van der Waals surface area contributed by atoms with Crippen LogP contribution in [0, 0.1) is 13.8 Å². The van der Waals surface area contributed by atoms with Gasteiger partial charge in [-0.2, -0.15) is 0 Å². The Morgan fingerprint density at radius 2 is 1.35 bits per heavy atom. The van der Waals surface area contributed by atoms with E-state index in [4.69, 9.17) is 0 Å². The number of allylic oxidation sites excluding steroid dienone is 4. The Labute approximate surface area is 220 Å². The van der Waals surface area contributed by atoms with Gasteiger partial charge in [0.15, 0.2) is 0 Å². The maximum absolute atomic E-state index is 2.51. The molecule has 1 aliphatic heterocycles. The van der Waals surface area contributed by atoms with E-state index in [1.54, 1.807) is 0 Å². The maximum Gasteiger partial charge on any atom is 0.0506 e. The lowest BCUT2D eigenvalue weighted by Gasteiger charge is -2.31. The lowest BCUT2D eigenvalue weighted by atomic mass is 9.76. The van der Waals surface area contributed by atoms with Crippen LogP contribution in [0.4, 0.5) is 11.4 Å². The zero-order chi connectivity index (χ0) is 25.5. The third kappa shape index (κ3) is 3.10. The molecule has 0 radical (unpaired) electrons. The minimum atomic E-state index is -0.0127. The van der Waals surface area contributed by atoms with Gasteiger partial charge in [0, 0.05) is 22.2 Å². The van der Waals surface area contributed by atoms with Crippen LogP contribution in [0.25, 0.3) is 22.3 Å². The van der Waals surface area contributed by atoms with Crippen molar-refractivity contribution < 1.29 is 0 Å². The van der Waals surface area contributed by atoms with E-state index in [1.807, 2.05) is 0 Å². The SMILES string of the molecule is Cc1cc(C)cc(N2C3=CC=CCC3(C)c3ccc(-c4ccc5c(c4)-c4ccccc4C5(C)C)cc32)c1. The Hall–Kier alpha value is -3.84. The molecule has 182 valence electrons. The molecular weight excluding hydrogens is 446 g/mol. The normalized spacial score (nSPS) is 20.2. The number of aryl methyl sites for hydroxylation is 2. The zero-order valence-corrected chi connectivity index (χ0v) is 22.4. The summed E-state index contributed by atoms with van der Waals surface area (Å²) in [5, 5.41) is 0. The van der Waals surface area contributed by atoms with E-state index in [9.17, 15) is 0 Å². The largest absolute Gasteiger partial charge is 0.313 e. The first-order valence-electron chi connectivity index (χ1n) is 13.4. The molecule has 0 fully saturated rings. The van der Waals surface area contributed by atoms with Gasteiger partial charge in [0.25, 0.3) is 0 Å². The fourth-order valence-corrected chi connectivity index (χ4v) is 7.07. The van der Waals surface area contributed by atoms with Gasteiger partial charge in [-0.25, -0.2) is 0 Å². The van der Waals surface area contributed by atoms with E-state index in [1.165, 1.54) is 67.1 Å². The summed E-state index contributed by atoms with van der Waals surface area (Å²) in [5.41, 5.74) is 16.1. The van der Waals surface area contributed by atoms with Crippen LogP contribution >= 0.6 is 0 Å². The summed E-state index contributed by atoms with van der Waals surface area (Å²) < 4.78 is 0. The molecule has 0 bridgehead atoms. The molecule has 0 spiro atoms. The van der Waals surface area contributed by atoms with E-state index >= 15 is 0 Å². The summed E-state index contributed by atoms with van der Waals surface area (Å²) in [5.74, 6) is 0. The van der Waals surface area contributed by atoms with E-state index in [-0.39, 0.29) is 10.8 Å². The number of nitrogens with zero attached hydrogens (tertiary/aromatic N) is 1. The molecule has 0 amide bonds. The van der Waals surface area contributed by atoms with Crippen LogP contribution in [0.15, 0.2) is 103 Å². The van der Waals surface area contributed by atoms with Crippen molar-refractivity contribution in [3.8, 4) is 22.3 Å². The second kappa shape index (κ2) is 7.59. The highest BCUT2D eigenvalue weighted by atomic mass is 15.2. The molecule has 37 heavy (non-hydrogen) atoms. The Balaban J connectivity index is 1.41. The maximum atomic E-state index is 2.51. The third-order valence-electron chi connectivity index (χ3n) is 8.94. The summed E-state index contributed by atoms with van der Waals surface area (Å²) in [6, 6.07) is 30.0. The molecule has 1 heterocycles. The van der Waals surface area contributed by atoms with E-state index < -0.39 is 0 Å². The van der Waals surface area contributed by atoms with Crippen molar-refractivity contribution in [2.24, 2.45) is 0 Å². The molecule has 1 atom stereocenters. The average Bonchev–Trinajstić information content (AvgIpc) is 3.28. The first-order valence-corrected chi connectivity index (χ1v) is 13.4. The van der Waals surface area contributed by atoms with Gasteiger partial charge >= 0.3 is 0 Å². The average molecular weight is 480 g/mol. The number of anilines is 2. The minimum absolute atomic E-state index is 0.0127. The summed E-state index contributed by atoms with van der Waals surface area (Å²) in [4.78, 5) is 2.51. The van der Waals surface area contributed by atoms with E-state index in [0.29, 0.717) is 0 Å². The van der Waals surface area contributed by atoms with Gasteiger partial charge in [0.1, 0.15) is 0 Å². The number of fused-ring (bicyclic) bond motifs is 6. The Morgan fingerprint density at radius 1 is 0.676 bits per heavy atom. The monoisotopic (exact) mass is 479 g/mol. The van der Waals surface area contributed by atoms with Crippen LogP contribution in [-0.2, 0) is 10.8 Å². The molecule has 0 saturated carbocycles. The number of rotatable bonds is 2. The highest BCUT2D eigenvalue weighted by Crippen LogP contribution is 2.55. The molecular formula is C36H33N. The van der Waals surface area contributed by atoms with Gasteiger partial charge in [-0.15, -0.1) is 0 Å². The van der Waals surface area contributed by atoms with E-state index in [2.05, 4.69) is 137 Å². The first-order chi connectivity index (χ1) is 17.8. The Morgan fingerprint density at radius 3 is 2.14 bits per heavy atom. The van der Waals surface area contributed by atoms with Gasteiger partial charge in [-0.1, -0.05) is 80.6 Å². The second-order valence-electron chi connectivity index (χ2n) is 11.9. The lowest BCUT2D eigenvalue weighted by Crippen LogP contribution is -2.27. The molecule has 2 aliphatic carbocycles. The smallest absolute Gasteiger partial charge is 0.0506 e. The summed E-state index contributed by atoms with van der Waals surface area (Å²) in [6.07, 6.45) is 7.87. The van der Waals surface area contributed by atoms with Crippen molar-refractivity contribution in [1.29, 1.82) is 0 Å². The zero-order valence-electron chi connectivity index (χ0n) is 22.4. The molecule has 0 N–H and O–H groups in total. The predicted molar refractivity (Wildman–Crippen MR) is 157 cm³/mol. The second-order valence-corrected chi connectivity index (χ2v) is 11.9. The first kappa shape index (κ1) is 22.4. The Bertz CT molecular complexity index is 1640. The summed E-state index contributed by atoms with van der Waals surface area (Å²) in [7, 11) is 0. The van der Waals surface area contributed by atoms with Gasteiger partial charge in [0.2, 0.25) is 0 Å². The molecule has 1 heteroatoms. The fourth-order valence-electron chi connectivity index (χ4n) is 7.07. The van der Waals surface area contributed by atoms with E-state index in [0.717, 1.165) is 6.42 Å². The third-order valence-corrected chi connectivity index (χ3v) is 8.94. The van der Waals surface area contributed by atoms with Crippen LogP contribution in [0.3, 0.4) is 0 Å². The molecule has 1 nitrogen and oxygen atoms in total. The molecule has 4 aromatic rings. The molecule has 4 aromatic carbocycles. The number of hydrogen-bond acceptors (Lipinski definition) is 1. The highest BCUT2D eigenvalue weighted by Gasteiger charge is 2.44. The van der Waals surface area contributed by atoms with Crippen LogP contribution in [0.5, 0.6) is 0 Å². The molecule has 0 saturated heterocycles. The fraction of sp³-hybridized carbons (Fsp3) is 0.222. The standard InChI is InChI=1S/C36H33N/c1-23-18-24(2)20-27(19-23)37-33-22-26(14-16-32(33)36(5)17-9-8-12-34(36)37)25-13-15-31-29(21-25)28-10-6-7-11-30(28)35(31,3)4/h6-16,18-22H,17H2,1-5H3. The molecule has 3 aliphatic rings. The lowest BCUT2D eigenvalue weighted by molar-refractivity contribution is 0.577. The topological polar surface area (TPSA) is 3.24 Å². The predicted octanol–water partition coefficient (Wildman–Crippen LogP) is 9.53. The van der Waals surface area contributed by atoms with Crippen molar-refractivity contribution in [2.75, 3.05) is 4.90 Å². The summed E-state index contributed by atoms with van der Waals surface area (Å²) in [6.45, 7) is 11.5. The molecule has 0 aromatic heterocycles. The number of hydrogen-bond donors (Lipinski definition) is 0. The van der Waals surface area contributed by atoms with Gasteiger partial charge in [-0.3, -0.25) is 0 Å². The van der Waals surface area contributed by atoms with Crippen LogP contribution in [0.1, 0.15) is 55.0 Å². The quantitative estimate of drug-likeness (QED) is 0.277.